The molecule has 1 fully saturated rings. The van der Waals surface area contributed by atoms with E-state index in [0.717, 1.165) is 18.7 Å². The fraction of sp³-hybridized carbons (Fsp3) is 0.400. The predicted molar refractivity (Wildman–Crippen MR) is 101 cm³/mol. The predicted octanol–water partition coefficient (Wildman–Crippen LogP) is 3.60. The molecule has 0 atom stereocenters. The third-order valence-corrected chi connectivity index (χ3v) is 4.72. The van der Waals surface area contributed by atoms with Crippen molar-refractivity contribution < 1.29 is 5.11 Å². The Hall–Kier alpha value is -2.20. The number of aromatic nitrogens is 1. The van der Waals surface area contributed by atoms with Crippen molar-refractivity contribution in [3.05, 3.63) is 47.8 Å². The van der Waals surface area contributed by atoms with Gasteiger partial charge < -0.3 is 20.3 Å². The van der Waals surface area contributed by atoms with Gasteiger partial charge in [0.25, 0.3) is 0 Å². The molecule has 1 aliphatic carbocycles. The Morgan fingerprint density at radius 3 is 2.50 bits per heavy atom. The minimum Gasteiger partial charge on any atom is -0.396 e. The van der Waals surface area contributed by atoms with E-state index in [1.54, 1.807) is 0 Å². The Morgan fingerprint density at radius 2 is 1.92 bits per heavy atom. The SMILES string of the molecule is CNc1ccc(-c2cc(C(NCCCO)=C3CCC3)n(C)c2)cc1. The number of nitrogens with zero attached hydrogens (tertiary/aromatic N) is 1. The van der Waals surface area contributed by atoms with E-state index in [0.29, 0.717) is 0 Å². The molecule has 0 aliphatic heterocycles. The molecule has 4 heteroatoms. The first-order valence-electron chi connectivity index (χ1n) is 8.74. The molecule has 3 N–H and O–H groups in total. The molecule has 24 heavy (non-hydrogen) atoms. The van der Waals surface area contributed by atoms with Crippen LogP contribution in [-0.4, -0.2) is 29.9 Å². The van der Waals surface area contributed by atoms with Gasteiger partial charge >= 0.3 is 0 Å². The summed E-state index contributed by atoms with van der Waals surface area (Å²) in [6.07, 6.45) is 6.61. The molecule has 128 valence electrons. The highest BCUT2D eigenvalue weighted by molar-refractivity contribution is 5.74. The molecular weight excluding hydrogens is 298 g/mol. The molecule has 0 unspecified atom stereocenters. The highest BCUT2D eigenvalue weighted by Gasteiger charge is 2.18. The van der Waals surface area contributed by atoms with E-state index in [1.165, 1.54) is 47.4 Å². The number of aliphatic hydroxyl groups excluding tert-OH is 1. The maximum atomic E-state index is 9.04. The maximum Gasteiger partial charge on any atom is 0.0645 e. The topological polar surface area (TPSA) is 49.2 Å². The van der Waals surface area contributed by atoms with Crippen LogP contribution in [0.2, 0.25) is 0 Å². The van der Waals surface area contributed by atoms with Crippen LogP contribution >= 0.6 is 0 Å². The first kappa shape index (κ1) is 16.7. The van der Waals surface area contributed by atoms with E-state index in [2.05, 4.69) is 58.8 Å². The zero-order valence-corrected chi connectivity index (χ0v) is 14.6. The van der Waals surface area contributed by atoms with Gasteiger partial charge in [0.05, 0.1) is 11.4 Å². The van der Waals surface area contributed by atoms with E-state index in [4.69, 9.17) is 5.11 Å². The van der Waals surface area contributed by atoms with Gasteiger partial charge in [0.1, 0.15) is 0 Å². The van der Waals surface area contributed by atoms with Crippen LogP contribution in [0.25, 0.3) is 16.8 Å². The Kier molecular flexibility index (Phi) is 5.26. The molecular formula is C20H27N3O. The second kappa shape index (κ2) is 7.58. The van der Waals surface area contributed by atoms with Gasteiger partial charge in [-0.15, -0.1) is 0 Å². The largest absolute Gasteiger partial charge is 0.396 e. The number of hydrogen-bond acceptors (Lipinski definition) is 3. The van der Waals surface area contributed by atoms with Crippen LogP contribution in [0.5, 0.6) is 0 Å². The lowest BCUT2D eigenvalue weighted by Gasteiger charge is -2.23. The van der Waals surface area contributed by atoms with E-state index >= 15 is 0 Å². The molecule has 1 aliphatic rings. The van der Waals surface area contributed by atoms with Gasteiger partial charge in [-0.05, 0) is 55.0 Å². The summed E-state index contributed by atoms with van der Waals surface area (Å²) in [6.45, 7) is 1.04. The second-order valence-electron chi connectivity index (χ2n) is 6.39. The molecule has 1 heterocycles. The van der Waals surface area contributed by atoms with Crippen molar-refractivity contribution in [3.8, 4) is 11.1 Å². The Bertz CT molecular complexity index is 707. The molecule has 3 rings (SSSR count). The zero-order valence-electron chi connectivity index (χ0n) is 14.6. The summed E-state index contributed by atoms with van der Waals surface area (Å²) < 4.78 is 2.20. The molecule has 0 radical (unpaired) electrons. The third kappa shape index (κ3) is 3.49. The lowest BCUT2D eigenvalue weighted by Crippen LogP contribution is -2.20. The Balaban J connectivity index is 1.88. The number of benzene rings is 1. The van der Waals surface area contributed by atoms with Gasteiger partial charge in [-0.3, -0.25) is 0 Å². The van der Waals surface area contributed by atoms with Gasteiger partial charge in [-0.2, -0.15) is 0 Å². The van der Waals surface area contributed by atoms with Crippen molar-refractivity contribution >= 4 is 11.4 Å². The number of rotatable bonds is 7. The summed E-state index contributed by atoms with van der Waals surface area (Å²) in [5, 5.41) is 15.8. The van der Waals surface area contributed by atoms with Crippen LogP contribution < -0.4 is 10.6 Å². The molecule has 2 aromatic rings. The Labute approximate surface area is 144 Å². The fourth-order valence-electron chi connectivity index (χ4n) is 3.09. The van der Waals surface area contributed by atoms with E-state index in [1.807, 2.05) is 7.05 Å². The molecule has 1 aromatic carbocycles. The van der Waals surface area contributed by atoms with Gasteiger partial charge in [-0.1, -0.05) is 12.1 Å². The molecule has 0 spiro atoms. The van der Waals surface area contributed by atoms with Crippen molar-refractivity contribution in [2.45, 2.75) is 25.7 Å². The van der Waals surface area contributed by atoms with Crippen molar-refractivity contribution in [2.75, 3.05) is 25.5 Å². The normalized spacial score (nSPS) is 13.5. The van der Waals surface area contributed by atoms with Gasteiger partial charge in [0.15, 0.2) is 0 Å². The van der Waals surface area contributed by atoms with Gasteiger partial charge in [0, 0.05) is 44.7 Å². The quantitative estimate of drug-likeness (QED) is 0.682. The summed E-state index contributed by atoms with van der Waals surface area (Å²) in [4.78, 5) is 0. The lowest BCUT2D eigenvalue weighted by atomic mass is 9.89. The lowest BCUT2D eigenvalue weighted by molar-refractivity contribution is 0.288. The summed E-state index contributed by atoms with van der Waals surface area (Å²) in [7, 11) is 4.04. The third-order valence-electron chi connectivity index (χ3n) is 4.72. The average Bonchev–Trinajstić information content (AvgIpc) is 2.94. The Morgan fingerprint density at radius 1 is 1.17 bits per heavy atom. The summed E-state index contributed by atoms with van der Waals surface area (Å²) in [5.41, 5.74) is 7.58. The summed E-state index contributed by atoms with van der Waals surface area (Å²) >= 11 is 0. The molecule has 1 saturated carbocycles. The van der Waals surface area contributed by atoms with Gasteiger partial charge in [0.2, 0.25) is 0 Å². The van der Waals surface area contributed by atoms with Crippen LogP contribution in [0.1, 0.15) is 31.4 Å². The summed E-state index contributed by atoms with van der Waals surface area (Å²) in [6, 6.07) is 10.8. The molecule has 0 bridgehead atoms. The van der Waals surface area contributed by atoms with Crippen molar-refractivity contribution in [1.82, 2.24) is 9.88 Å². The average molecular weight is 325 g/mol. The van der Waals surface area contributed by atoms with Crippen LogP contribution in [-0.2, 0) is 7.05 Å². The van der Waals surface area contributed by atoms with E-state index in [9.17, 15) is 0 Å². The van der Waals surface area contributed by atoms with Crippen LogP contribution in [0.3, 0.4) is 0 Å². The maximum absolute atomic E-state index is 9.04. The molecule has 0 saturated heterocycles. The van der Waals surface area contributed by atoms with E-state index < -0.39 is 0 Å². The zero-order chi connectivity index (χ0) is 16.9. The second-order valence-corrected chi connectivity index (χ2v) is 6.39. The number of anilines is 1. The molecule has 1 aromatic heterocycles. The minimum absolute atomic E-state index is 0.228. The first-order valence-corrected chi connectivity index (χ1v) is 8.74. The standard InChI is InChI=1S/C20H27N3O/c1-21-18-9-7-15(8-10-18)17-13-19(23(2)14-17)20(16-5-3-6-16)22-11-4-12-24/h7-10,13-14,21-22,24H,3-6,11-12H2,1-2H3. The smallest absolute Gasteiger partial charge is 0.0645 e. The monoisotopic (exact) mass is 325 g/mol. The fourth-order valence-corrected chi connectivity index (χ4v) is 3.09. The van der Waals surface area contributed by atoms with Crippen molar-refractivity contribution in [2.24, 2.45) is 7.05 Å². The number of aliphatic hydroxyl groups is 1. The minimum atomic E-state index is 0.228. The van der Waals surface area contributed by atoms with Crippen molar-refractivity contribution in [1.29, 1.82) is 0 Å². The number of nitrogens with one attached hydrogen (secondary N) is 2. The number of hydrogen-bond donors (Lipinski definition) is 3. The first-order chi connectivity index (χ1) is 11.7. The van der Waals surface area contributed by atoms with Crippen LogP contribution in [0, 0.1) is 0 Å². The van der Waals surface area contributed by atoms with Crippen LogP contribution in [0.15, 0.2) is 42.1 Å². The number of aryl methyl sites for hydroxylation is 1. The van der Waals surface area contributed by atoms with Gasteiger partial charge in [-0.25, -0.2) is 0 Å². The van der Waals surface area contributed by atoms with Crippen LogP contribution in [0.4, 0.5) is 5.69 Å². The van der Waals surface area contributed by atoms with E-state index in [-0.39, 0.29) is 6.61 Å². The molecule has 4 nitrogen and oxygen atoms in total. The molecule has 0 amide bonds. The highest BCUT2D eigenvalue weighted by Crippen LogP contribution is 2.34. The summed E-state index contributed by atoms with van der Waals surface area (Å²) in [5.74, 6) is 0. The van der Waals surface area contributed by atoms with Crippen molar-refractivity contribution in [3.63, 3.8) is 0 Å². The number of allylic oxidation sites excluding steroid dienone is 1. The highest BCUT2D eigenvalue weighted by atomic mass is 16.3.